The molecule has 96 valence electrons. The second kappa shape index (κ2) is 6.75. The molecule has 0 fully saturated rings. The largest absolute Gasteiger partial charge is 0.478 e. The van der Waals surface area contributed by atoms with E-state index in [-0.39, 0.29) is 0 Å². The van der Waals surface area contributed by atoms with Gasteiger partial charge in [-0.05, 0) is 29.3 Å². The maximum atomic E-state index is 10.4. The van der Waals surface area contributed by atoms with Crippen LogP contribution in [0.1, 0.15) is 11.1 Å². The molecule has 0 unspecified atom stereocenters. The molecule has 0 spiro atoms. The molecule has 1 heterocycles. The van der Waals surface area contributed by atoms with Gasteiger partial charge in [-0.25, -0.2) is 9.78 Å². The summed E-state index contributed by atoms with van der Waals surface area (Å²) in [7, 11) is 0. The van der Waals surface area contributed by atoms with Gasteiger partial charge in [-0.2, -0.15) is 0 Å². The van der Waals surface area contributed by atoms with Crippen LogP contribution in [0.2, 0.25) is 0 Å². The first-order valence-electron chi connectivity index (χ1n) is 5.78. The smallest absolute Gasteiger partial charge is 0.328 e. The lowest BCUT2D eigenvalue weighted by molar-refractivity contribution is -0.131. The van der Waals surface area contributed by atoms with E-state index in [1.807, 2.05) is 42.5 Å². The molecule has 0 aliphatic carbocycles. The maximum Gasteiger partial charge on any atom is 0.328 e. The minimum Gasteiger partial charge on any atom is -0.478 e. The molecule has 2 rings (SSSR count). The molecular formula is C15H13NO2S. The number of carbonyl (C=O) groups is 1. The summed E-state index contributed by atoms with van der Waals surface area (Å²) in [5, 5.41) is 9.54. The van der Waals surface area contributed by atoms with Crippen molar-refractivity contribution in [3.8, 4) is 0 Å². The standard InChI is InChI=1S/C15H13NO2S/c17-15(18)9-8-12-4-6-13(7-5-12)11-19-14-3-1-2-10-16-14/h1-10H,11H2,(H,17,18)/b9-8+. The molecule has 1 N–H and O–H groups in total. The van der Waals surface area contributed by atoms with Crippen molar-refractivity contribution in [1.29, 1.82) is 0 Å². The Labute approximate surface area is 116 Å². The summed E-state index contributed by atoms with van der Waals surface area (Å²) in [5.41, 5.74) is 2.07. The quantitative estimate of drug-likeness (QED) is 0.668. The van der Waals surface area contributed by atoms with Gasteiger partial charge in [0.2, 0.25) is 0 Å². The Morgan fingerprint density at radius 2 is 2.00 bits per heavy atom. The fraction of sp³-hybridized carbons (Fsp3) is 0.0667. The lowest BCUT2D eigenvalue weighted by Crippen LogP contribution is -1.86. The van der Waals surface area contributed by atoms with Crippen molar-refractivity contribution in [2.45, 2.75) is 10.8 Å². The number of thioether (sulfide) groups is 1. The predicted octanol–water partition coefficient (Wildman–Crippen LogP) is 3.47. The molecule has 0 aliphatic heterocycles. The Balaban J connectivity index is 1.94. The van der Waals surface area contributed by atoms with Crippen LogP contribution in [0.3, 0.4) is 0 Å². The molecule has 19 heavy (non-hydrogen) atoms. The monoisotopic (exact) mass is 271 g/mol. The van der Waals surface area contributed by atoms with E-state index in [2.05, 4.69) is 4.98 Å². The third-order valence-corrected chi connectivity index (χ3v) is 3.44. The van der Waals surface area contributed by atoms with E-state index in [1.165, 1.54) is 5.56 Å². The summed E-state index contributed by atoms with van der Waals surface area (Å²) in [4.78, 5) is 14.6. The molecule has 1 aromatic heterocycles. The minimum atomic E-state index is -0.935. The van der Waals surface area contributed by atoms with E-state index in [0.29, 0.717) is 0 Å². The van der Waals surface area contributed by atoms with Gasteiger partial charge in [-0.15, -0.1) is 11.8 Å². The first-order chi connectivity index (χ1) is 9.24. The van der Waals surface area contributed by atoms with Crippen LogP contribution < -0.4 is 0 Å². The highest BCUT2D eigenvalue weighted by Gasteiger charge is 1.97. The molecule has 0 atom stereocenters. The van der Waals surface area contributed by atoms with Gasteiger partial charge in [0.25, 0.3) is 0 Å². The van der Waals surface area contributed by atoms with Gasteiger partial charge in [-0.3, -0.25) is 0 Å². The van der Waals surface area contributed by atoms with Crippen LogP contribution in [-0.2, 0) is 10.5 Å². The van der Waals surface area contributed by atoms with Gasteiger partial charge in [0.05, 0.1) is 5.03 Å². The van der Waals surface area contributed by atoms with Crippen molar-refractivity contribution in [3.63, 3.8) is 0 Å². The second-order valence-corrected chi connectivity index (χ2v) is 4.87. The Bertz CT molecular complexity index is 564. The summed E-state index contributed by atoms with van der Waals surface area (Å²) >= 11 is 1.67. The van der Waals surface area contributed by atoms with Crippen molar-refractivity contribution >= 4 is 23.8 Å². The van der Waals surface area contributed by atoms with E-state index in [9.17, 15) is 4.79 Å². The normalized spacial score (nSPS) is 10.7. The molecular weight excluding hydrogens is 258 g/mol. The van der Waals surface area contributed by atoms with E-state index in [4.69, 9.17) is 5.11 Å². The van der Waals surface area contributed by atoms with Crippen LogP contribution in [0.25, 0.3) is 6.08 Å². The molecule has 0 radical (unpaired) electrons. The fourth-order valence-electron chi connectivity index (χ4n) is 1.48. The molecule has 3 nitrogen and oxygen atoms in total. The molecule has 0 saturated heterocycles. The van der Waals surface area contributed by atoms with Crippen LogP contribution in [0.4, 0.5) is 0 Å². The number of rotatable bonds is 5. The number of hydrogen-bond acceptors (Lipinski definition) is 3. The summed E-state index contributed by atoms with van der Waals surface area (Å²) in [6, 6.07) is 13.7. The summed E-state index contributed by atoms with van der Waals surface area (Å²) in [6.45, 7) is 0. The van der Waals surface area contributed by atoms with Gasteiger partial charge >= 0.3 is 5.97 Å². The van der Waals surface area contributed by atoms with Crippen molar-refractivity contribution in [3.05, 3.63) is 65.9 Å². The third-order valence-electron chi connectivity index (χ3n) is 2.42. The average molecular weight is 271 g/mol. The maximum absolute atomic E-state index is 10.4. The zero-order chi connectivity index (χ0) is 13.5. The highest BCUT2D eigenvalue weighted by atomic mass is 32.2. The van der Waals surface area contributed by atoms with Crippen LogP contribution in [0.15, 0.2) is 59.8 Å². The van der Waals surface area contributed by atoms with Gasteiger partial charge in [0, 0.05) is 18.0 Å². The predicted molar refractivity (Wildman–Crippen MR) is 76.9 cm³/mol. The van der Waals surface area contributed by atoms with Crippen molar-refractivity contribution in [2.24, 2.45) is 0 Å². The number of benzene rings is 1. The second-order valence-electron chi connectivity index (χ2n) is 3.87. The number of carboxylic acids is 1. The summed E-state index contributed by atoms with van der Waals surface area (Å²) < 4.78 is 0. The summed E-state index contributed by atoms with van der Waals surface area (Å²) in [6.07, 6.45) is 4.50. The van der Waals surface area contributed by atoms with E-state index in [0.717, 1.165) is 22.4 Å². The van der Waals surface area contributed by atoms with Crippen molar-refractivity contribution < 1.29 is 9.90 Å². The molecule has 0 amide bonds. The van der Waals surface area contributed by atoms with Gasteiger partial charge in [0.1, 0.15) is 0 Å². The van der Waals surface area contributed by atoms with E-state index >= 15 is 0 Å². The zero-order valence-electron chi connectivity index (χ0n) is 10.2. The average Bonchev–Trinajstić information content (AvgIpc) is 2.45. The lowest BCUT2D eigenvalue weighted by atomic mass is 10.1. The van der Waals surface area contributed by atoms with Crippen molar-refractivity contribution in [2.75, 3.05) is 0 Å². The highest BCUT2D eigenvalue weighted by molar-refractivity contribution is 7.98. The Morgan fingerprint density at radius 3 is 2.63 bits per heavy atom. The molecule has 0 saturated carbocycles. The molecule has 4 heteroatoms. The Hall–Kier alpha value is -2.07. The zero-order valence-corrected chi connectivity index (χ0v) is 11.0. The first kappa shape index (κ1) is 13.4. The number of carboxylic acid groups (broad SMARTS) is 1. The Kier molecular flexibility index (Phi) is 4.75. The number of hydrogen-bond donors (Lipinski definition) is 1. The SMILES string of the molecule is O=C(O)/C=C/c1ccc(CSc2ccccn2)cc1. The van der Waals surface area contributed by atoms with Crippen LogP contribution in [-0.4, -0.2) is 16.1 Å². The van der Waals surface area contributed by atoms with E-state index < -0.39 is 5.97 Å². The topological polar surface area (TPSA) is 50.2 Å². The van der Waals surface area contributed by atoms with E-state index in [1.54, 1.807) is 24.0 Å². The first-order valence-corrected chi connectivity index (χ1v) is 6.76. The molecule has 1 aromatic carbocycles. The Morgan fingerprint density at radius 1 is 1.21 bits per heavy atom. The number of aromatic nitrogens is 1. The minimum absolute atomic E-state index is 0.847. The third kappa shape index (κ3) is 4.60. The number of pyridine rings is 1. The van der Waals surface area contributed by atoms with Crippen LogP contribution in [0.5, 0.6) is 0 Å². The van der Waals surface area contributed by atoms with Gasteiger partial charge < -0.3 is 5.11 Å². The highest BCUT2D eigenvalue weighted by Crippen LogP contribution is 2.20. The molecule has 0 aliphatic rings. The number of aliphatic carboxylic acids is 1. The van der Waals surface area contributed by atoms with Gasteiger partial charge in [0.15, 0.2) is 0 Å². The number of nitrogens with zero attached hydrogens (tertiary/aromatic N) is 1. The van der Waals surface area contributed by atoms with Gasteiger partial charge in [-0.1, -0.05) is 30.3 Å². The van der Waals surface area contributed by atoms with Crippen molar-refractivity contribution in [1.82, 2.24) is 4.98 Å². The fourth-order valence-corrected chi connectivity index (χ4v) is 2.30. The molecule has 0 bridgehead atoms. The summed E-state index contributed by atoms with van der Waals surface area (Å²) in [5.74, 6) is -0.0882. The lowest BCUT2D eigenvalue weighted by Gasteiger charge is -2.01. The van der Waals surface area contributed by atoms with Crippen LogP contribution in [0, 0.1) is 0 Å². The van der Waals surface area contributed by atoms with Crippen LogP contribution >= 0.6 is 11.8 Å². The molecule has 2 aromatic rings.